The smallest absolute Gasteiger partial charge is 0.0608 e. The summed E-state index contributed by atoms with van der Waals surface area (Å²) < 4.78 is 5.38. The second-order valence-electron chi connectivity index (χ2n) is 4.03. The Morgan fingerprint density at radius 1 is 1.06 bits per heavy atom. The SMILES string of the molecule is C=CCCCN(CCC=C)N1CCOCC1. The van der Waals surface area contributed by atoms with Crippen molar-refractivity contribution in [2.24, 2.45) is 0 Å². The van der Waals surface area contributed by atoms with Crippen molar-refractivity contribution < 1.29 is 4.74 Å². The van der Waals surface area contributed by atoms with Gasteiger partial charge in [0.15, 0.2) is 0 Å². The number of rotatable bonds is 8. The summed E-state index contributed by atoms with van der Waals surface area (Å²) in [4.78, 5) is 0. The van der Waals surface area contributed by atoms with Gasteiger partial charge in [-0.25, -0.2) is 10.0 Å². The largest absolute Gasteiger partial charge is 0.379 e. The quantitative estimate of drug-likeness (QED) is 0.464. The Morgan fingerprint density at radius 2 is 1.75 bits per heavy atom. The molecule has 3 heteroatoms. The average Bonchev–Trinajstić information content (AvgIpc) is 2.35. The predicted molar refractivity (Wildman–Crippen MR) is 68.2 cm³/mol. The van der Waals surface area contributed by atoms with E-state index < -0.39 is 0 Å². The van der Waals surface area contributed by atoms with E-state index in [2.05, 4.69) is 23.2 Å². The zero-order chi connectivity index (χ0) is 11.6. The molecule has 0 spiro atoms. The van der Waals surface area contributed by atoms with E-state index in [1.54, 1.807) is 0 Å². The van der Waals surface area contributed by atoms with Gasteiger partial charge < -0.3 is 4.74 Å². The summed E-state index contributed by atoms with van der Waals surface area (Å²) in [6.07, 6.45) is 7.30. The van der Waals surface area contributed by atoms with Crippen molar-refractivity contribution in [2.75, 3.05) is 39.4 Å². The van der Waals surface area contributed by atoms with Gasteiger partial charge in [0.25, 0.3) is 0 Å². The van der Waals surface area contributed by atoms with Crippen LogP contribution in [0.15, 0.2) is 25.3 Å². The van der Waals surface area contributed by atoms with Gasteiger partial charge in [0.2, 0.25) is 0 Å². The van der Waals surface area contributed by atoms with Crippen LogP contribution < -0.4 is 0 Å². The first-order valence-corrected chi connectivity index (χ1v) is 6.18. The van der Waals surface area contributed by atoms with E-state index in [1.807, 2.05) is 12.2 Å². The number of unbranched alkanes of at least 4 members (excludes halogenated alkanes) is 1. The minimum absolute atomic E-state index is 0.853. The van der Waals surface area contributed by atoms with Crippen molar-refractivity contribution in [3.63, 3.8) is 0 Å². The molecular formula is C13H24N2O. The number of morpholine rings is 1. The zero-order valence-corrected chi connectivity index (χ0v) is 10.2. The molecule has 1 rings (SSSR count). The Hall–Kier alpha value is -0.640. The number of allylic oxidation sites excluding steroid dienone is 1. The number of hydrazine groups is 1. The summed E-state index contributed by atoms with van der Waals surface area (Å²) in [5.74, 6) is 0. The second-order valence-corrected chi connectivity index (χ2v) is 4.03. The van der Waals surface area contributed by atoms with Gasteiger partial charge in [-0.15, -0.1) is 13.2 Å². The van der Waals surface area contributed by atoms with E-state index in [-0.39, 0.29) is 0 Å². The van der Waals surface area contributed by atoms with E-state index in [0.717, 1.165) is 52.2 Å². The van der Waals surface area contributed by atoms with Crippen LogP contribution in [0.5, 0.6) is 0 Å². The predicted octanol–water partition coefficient (Wildman–Crippen LogP) is 2.08. The van der Waals surface area contributed by atoms with Crippen LogP contribution in [0.3, 0.4) is 0 Å². The fraction of sp³-hybridized carbons (Fsp3) is 0.692. The van der Waals surface area contributed by atoms with Gasteiger partial charge in [-0.05, 0) is 19.3 Å². The standard InChI is InChI=1S/C13H24N2O/c1-3-5-7-9-14(8-6-4-2)15-10-12-16-13-11-15/h3-4H,1-2,5-13H2. The molecule has 0 N–H and O–H groups in total. The van der Waals surface area contributed by atoms with Crippen LogP contribution in [0.4, 0.5) is 0 Å². The van der Waals surface area contributed by atoms with Crippen LogP contribution in [-0.4, -0.2) is 49.4 Å². The minimum Gasteiger partial charge on any atom is -0.379 e. The van der Waals surface area contributed by atoms with Crippen molar-refractivity contribution in [1.29, 1.82) is 0 Å². The Balaban J connectivity index is 2.33. The Labute approximate surface area is 99.3 Å². The van der Waals surface area contributed by atoms with Crippen molar-refractivity contribution >= 4 is 0 Å². The van der Waals surface area contributed by atoms with Gasteiger partial charge in [-0.2, -0.15) is 0 Å². The molecular weight excluding hydrogens is 200 g/mol. The Kier molecular flexibility index (Phi) is 7.14. The Morgan fingerprint density at radius 3 is 2.38 bits per heavy atom. The average molecular weight is 224 g/mol. The molecule has 0 aromatic carbocycles. The fourth-order valence-corrected chi connectivity index (χ4v) is 1.89. The maximum atomic E-state index is 5.38. The molecule has 3 nitrogen and oxygen atoms in total. The molecule has 1 heterocycles. The van der Waals surface area contributed by atoms with Crippen LogP contribution in [0.25, 0.3) is 0 Å². The minimum atomic E-state index is 0.853. The first-order valence-electron chi connectivity index (χ1n) is 6.18. The molecule has 0 atom stereocenters. The van der Waals surface area contributed by atoms with Crippen molar-refractivity contribution in [3.8, 4) is 0 Å². The van der Waals surface area contributed by atoms with E-state index in [1.165, 1.54) is 6.42 Å². The van der Waals surface area contributed by atoms with E-state index >= 15 is 0 Å². The van der Waals surface area contributed by atoms with Crippen molar-refractivity contribution in [3.05, 3.63) is 25.3 Å². The first kappa shape index (κ1) is 13.4. The molecule has 1 saturated heterocycles. The summed E-state index contributed by atoms with van der Waals surface area (Å²) in [6.45, 7) is 13.5. The lowest BCUT2D eigenvalue weighted by Gasteiger charge is -2.37. The third-order valence-electron chi connectivity index (χ3n) is 2.80. The van der Waals surface area contributed by atoms with Crippen LogP contribution in [-0.2, 0) is 4.74 Å². The second kappa shape index (κ2) is 8.50. The van der Waals surface area contributed by atoms with Crippen LogP contribution >= 0.6 is 0 Å². The van der Waals surface area contributed by atoms with Crippen molar-refractivity contribution in [1.82, 2.24) is 10.0 Å². The molecule has 1 aliphatic rings. The summed E-state index contributed by atoms with van der Waals surface area (Å²) in [6, 6.07) is 0. The number of ether oxygens (including phenoxy) is 1. The summed E-state index contributed by atoms with van der Waals surface area (Å²) >= 11 is 0. The summed E-state index contributed by atoms with van der Waals surface area (Å²) in [7, 11) is 0. The van der Waals surface area contributed by atoms with Crippen LogP contribution in [0.2, 0.25) is 0 Å². The third kappa shape index (κ3) is 4.92. The Bertz CT molecular complexity index is 200. The van der Waals surface area contributed by atoms with Crippen molar-refractivity contribution in [2.45, 2.75) is 19.3 Å². The lowest BCUT2D eigenvalue weighted by atomic mass is 10.3. The van der Waals surface area contributed by atoms with E-state index in [9.17, 15) is 0 Å². The topological polar surface area (TPSA) is 15.7 Å². The van der Waals surface area contributed by atoms with E-state index in [4.69, 9.17) is 4.74 Å². The fourth-order valence-electron chi connectivity index (χ4n) is 1.89. The van der Waals surface area contributed by atoms with Gasteiger partial charge in [-0.1, -0.05) is 12.2 Å². The molecule has 0 aromatic heterocycles. The molecule has 92 valence electrons. The molecule has 1 aliphatic heterocycles. The summed E-state index contributed by atoms with van der Waals surface area (Å²) in [5, 5.41) is 4.85. The first-order chi connectivity index (χ1) is 7.88. The molecule has 16 heavy (non-hydrogen) atoms. The number of hydrogen-bond donors (Lipinski definition) is 0. The van der Waals surface area contributed by atoms with Gasteiger partial charge in [0.1, 0.15) is 0 Å². The van der Waals surface area contributed by atoms with Gasteiger partial charge in [-0.3, -0.25) is 0 Å². The lowest BCUT2D eigenvalue weighted by molar-refractivity contribution is -0.0895. The highest BCUT2D eigenvalue weighted by Gasteiger charge is 2.16. The number of nitrogens with zero attached hydrogens (tertiary/aromatic N) is 2. The van der Waals surface area contributed by atoms with Gasteiger partial charge in [0, 0.05) is 26.2 Å². The molecule has 0 unspecified atom stereocenters. The van der Waals surface area contributed by atoms with Crippen LogP contribution in [0, 0.1) is 0 Å². The highest BCUT2D eigenvalue weighted by atomic mass is 16.5. The third-order valence-corrected chi connectivity index (χ3v) is 2.80. The molecule has 0 radical (unpaired) electrons. The highest BCUT2D eigenvalue weighted by molar-refractivity contribution is 4.72. The maximum absolute atomic E-state index is 5.38. The maximum Gasteiger partial charge on any atom is 0.0608 e. The monoisotopic (exact) mass is 224 g/mol. The lowest BCUT2D eigenvalue weighted by Crippen LogP contribution is -2.49. The highest BCUT2D eigenvalue weighted by Crippen LogP contribution is 2.06. The summed E-state index contributed by atoms with van der Waals surface area (Å²) in [5.41, 5.74) is 0. The zero-order valence-electron chi connectivity index (χ0n) is 10.2. The van der Waals surface area contributed by atoms with E-state index in [0.29, 0.717) is 0 Å². The molecule has 0 aliphatic carbocycles. The molecule has 0 bridgehead atoms. The molecule has 0 saturated carbocycles. The van der Waals surface area contributed by atoms with Gasteiger partial charge in [0.05, 0.1) is 13.2 Å². The van der Waals surface area contributed by atoms with Crippen LogP contribution in [0.1, 0.15) is 19.3 Å². The molecule has 1 fully saturated rings. The van der Waals surface area contributed by atoms with Gasteiger partial charge >= 0.3 is 0 Å². The number of hydrogen-bond acceptors (Lipinski definition) is 3. The normalized spacial score (nSPS) is 17.6. The molecule has 0 amide bonds. The molecule has 0 aromatic rings.